The first-order chi connectivity index (χ1) is 9.91. The maximum atomic E-state index is 12.9. The van der Waals surface area contributed by atoms with Crippen molar-refractivity contribution in [3.05, 3.63) is 12.1 Å². The Bertz CT molecular complexity index is 619. The zero-order chi connectivity index (χ0) is 15.6. The zero-order valence-corrected chi connectivity index (χ0v) is 14.0. The molecule has 0 spiro atoms. The van der Waals surface area contributed by atoms with E-state index in [0.29, 0.717) is 12.3 Å². The first kappa shape index (κ1) is 16.3. The van der Waals surface area contributed by atoms with E-state index in [2.05, 4.69) is 0 Å². The van der Waals surface area contributed by atoms with Crippen LogP contribution in [0.4, 0.5) is 5.69 Å². The molecule has 1 unspecified atom stereocenters. The summed E-state index contributed by atoms with van der Waals surface area (Å²) in [5.74, 6) is 2.21. The van der Waals surface area contributed by atoms with Crippen molar-refractivity contribution >= 4 is 27.5 Å². The van der Waals surface area contributed by atoms with Crippen LogP contribution in [0.5, 0.6) is 11.5 Å². The van der Waals surface area contributed by atoms with Gasteiger partial charge in [-0.3, -0.25) is 0 Å². The fourth-order valence-corrected chi connectivity index (χ4v) is 5.32. The van der Waals surface area contributed by atoms with Gasteiger partial charge in [-0.2, -0.15) is 16.1 Å². The number of hydrogen-bond donors (Lipinski definition) is 1. The second-order valence-electron chi connectivity index (χ2n) is 4.78. The topological polar surface area (TPSA) is 81.9 Å². The van der Waals surface area contributed by atoms with E-state index in [1.165, 1.54) is 30.7 Å². The lowest BCUT2D eigenvalue weighted by atomic mass is 10.3. The maximum Gasteiger partial charge on any atom is 0.247 e. The highest BCUT2D eigenvalue weighted by atomic mass is 32.2. The predicted molar refractivity (Wildman–Crippen MR) is 84.6 cm³/mol. The van der Waals surface area contributed by atoms with Gasteiger partial charge in [-0.05, 0) is 13.0 Å². The summed E-state index contributed by atoms with van der Waals surface area (Å²) in [6.07, 6.45) is 0. The number of nitrogens with zero attached hydrogens (tertiary/aromatic N) is 1. The normalized spacial score (nSPS) is 20.2. The molecule has 0 aliphatic carbocycles. The van der Waals surface area contributed by atoms with E-state index in [0.717, 1.165) is 11.5 Å². The van der Waals surface area contributed by atoms with Crippen LogP contribution in [-0.2, 0) is 10.0 Å². The molecule has 1 atom stereocenters. The van der Waals surface area contributed by atoms with E-state index in [4.69, 9.17) is 15.2 Å². The number of ether oxygens (including phenoxy) is 2. The fourth-order valence-electron chi connectivity index (χ4n) is 2.29. The molecule has 0 saturated carbocycles. The van der Waals surface area contributed by atoms with Crippen molar-refractivity contribution in [2.45, 2.75) is 17.9 Å². The predicted octanol–water partition coefficient (Wildman–Crippen LogP) is 1.41. The van der Waals surface area contributed by atoms with Gasteiger partial charge >= 0.3 is 0 Å². The Morgan fingerprint density at radius 1 is 1.29 bits per heavy atom. The lowest BCUT2D eigenvalue weighted by molar-refractivity contribution is 0.358. The van der Waals surface area contributed by atoms with Crippen LogP contribution in [0.25, 0.3) is 0 Å². The molecule has 8 heteroatoms. The van der Waals surface area contributed by atoms with Crippen molar-refractivity contribution in [3.8, 4) is 11.5 Å². The number of nitrogens with two attached hydrogens (primary N) is 1. The molecule has 118 valence electrons. The van der Waals surface area contributed by atoms with Gasteiger partial charge in [0.1, 0.15) is 16.4 Å². The van der Waals surface area contributed by atoms with Gasteiger partial charge < -0.3 is 15.2 Å². The largest absolute Gasteiger partial charge is 0.495 e. The molecule has 1 saturated heterocycles. The van der Waals surface area contributed by atoms with E-state index >= 15 is 0 Å². The number of sulfonamides is 1. The Kier molecular flexibility index (Phi) is 4.90. The van der Waals surface area contributed by atoms with Crippen molar-refractivity contribution < 1.29 is 17.9 Å². The minimum absolute atomic E-state index is 0.0539. The molecule has 1 aromatic carbocycles. The van der Waals surface area contributed by atoms with Crippen LogP contribution in [0.1, 0.15) is 6.92 Å². The van der Waals surface area contributed by atoms with E-state index in [-0.39, 0.29) is 22.4 Å². The first-order valence-electron chi connectivity index (χ1n) is 6.53. The van der Waals surface area contributed by atoms with Gasteiger partial charge in [0.15, 0.2) is 0 Å². The average Bonchev–Trinajstić information content (AvgIpc) is 2.47. The molecule has 2 rings (SSSR count). The molecule has 1 aromatic rings. The lowest BCUT2D eigenvalue weighted by Gasteiger charge is -2.32. The van der Waals surface area contributed by atoms with Gasteiger partial charge in [0, 0.05) is 30.2 Å². The summed E-state index contributed by atoms with van der Waals surface area (Å²) < 4.78 is 37.6. The quantitative estimate of drug-likeness (QED) is 0.840. The number of anilines is 1. The summed E-state index contributed by atoms with van der Waals surface area (Å²) in [5, 5.41) is 0. The highest BCUT2D eigenvalue weighted by Crippen LogP contribution is 2.36. The lowest BCUT2D eigenvalue weighted by Crippen LogP contribution is -2.44. The fraction of sp³-hybridized carbons (Fsp3) is 0.538. The third-order valence-electron chi connectivity index (χ3n) is 3.41. The Balaban J connectivity index is 2.51. The highest BCUT2D eigenvalue weighted by molar-refractivity contribution is 7.99. The molecule has 6 nitrogen and oxygen atoms in total. The minimum atomic E-state index is -3.64. The number of hydrogen-bond acceptors (Lipinski definition) is 6. The molecule has 1 heterocycles. The molecule has 2 N–H and O–H groups in total. The number of benzene rings is 1. The van der Waals surface area contributed by atoms with Crippen LogP contribution in [0, 0.1) is 0 Å². The van der Waals surface area contributed by atoms with Crippen molar-refractivity contribution in [2.24, 2.45) is 0 Å². The molecule has 0 bridgehead atoms. The van der Waals surface area contributed by atoms with Gasteiger partial charge in [-0.1, -0.05) is 0 Å². The van der Waals surface area contributed by atoms with Crippen LogP contribution in [0.3, 0.4) is 0 Å². The Hall–Kier alpha value is -1.12. The first-order valence-corrected chi connectivity index (χ1v) is 9.12. The highest BCUT2D eigenvalue weighted by Gasteiger charge is 2.34. The third-order valence-corrected chi connectivity index (χ3v) is 6.63. The van der Waals surface area contributed by atoms with Crippen molar-refractivity contribution in [2.75, 3.05) is 38.0 Å². The number of rotatable bonds is 4. The van der Waals surface area contributed by atoms with E-state index in [9.17, 15) is 8.42 Å². The van der Waals surface area contributed by atoms with E-state index in [1.54, 1.807) is 11.8 Å². The minimum Gasteiger partial charge on any atom is -0.495 e. The standard InChI is InChI=1S/C13H20N2O4S2/c1-9-8-20-5-4-15(9)21(16,17)13-6-10(14)11(18-2)7-12(13)19-3/h6-7,9H,4-5,8,14H2,1-3H3. The molecule has 0 amide bonds. The molecule has 1 aliphatic rings. The van der Waals surface area contributed by atoms with Crippen LogP contribution in [0.15, 0.2) is 17.0 Å². The summed E-state index contributed by atoms with van der Waals surface area (Å²) >= 11 is 1.76. The van der Waals surface area contributed by atoms with Crippen LogP contribution in [0.2, 0.25) is 0 Å². The van der Waals surface area contributed by atoms with Crippen LogP contribution >= 0.6 is 11.8 Å². The van der Waals surface area contributed by atoms with Crippen molar-refractivity contribution in [3.63, 3.8) is 0 Å². The monoisotopic (exact) mass is 332 g/mol. The van der Waals surface area contributed by atoms with Gasteiger partial charge in [-0.15, -0.1) is 0 Å². The van der Waals surface area contributed by atoms with Crippen LogP contribution in [-0.4, -0.2) is 51.0 Å². The Morgan fingerprint density at radius 2 is 1.95 bits per heavy atom. The Morgan fingerprint density at radius 3 is 2.52 bits per heavy atom. The number of nitrogen functional groups attached to an aromatic ring is 1. The molecule has 0 radical (unpaired) electrons. The summed E-state index contributed by atoms with van der Waals surface area (Å²) in [6, 6.07) is 2.86. The second-order valence-corrected chi connectivity index (χ2v) is 7.79. The van der Waals surface area contributed by atoms with Gasteiger partial charge in [-0.25, -0.2) is 8.42 Å². The number of thioether (sulfide) groups is 1. The molecule has 0 aromatic heterocycles. The molecule has 21 heavy (non-hydrogen) atoms. The van der Waals surface area contributed by atoms with E-state index in [1.807, 2.05) is 6.92 Å². The SMILES string of the molecule is COc1cc(OC)c(S(=O)(=O)N2CCSCC2C)cc1N. The third kappa shape index (κ3) is 3.07. The molecular formula is C13H20N2O4S2. The summed E-state index contributed by atoms with van der Waals surface area (Å²) in [6.45, 7) is 2.40. The molecule has 1 aliphatic heterocycles. The Labute approximate surface area is 129 Å². The molecule has 1 fully saturated rings. The van der Waals surface area contributed by atoms with E-state index < -0.39 is 10.0 Å². The van der Waals surface area contributed by atoms with Crippen LogP contribution < -0.4 is 15.2 Å². The second kappa shape index (κ2) is 6.33. The zero-order valence-electron chi connectivity index (χ0n) is 12.3. The average molecular weight is 332 g/mol. The van der Waals surface area contributed by atoms with Gasteiger partial charge in [0.25, 0.3) is 0 Å². The summed E-state index contributed by atoms with van der Waals surface area (Å²) in [7, 11) is -0.737. The van der Waals surface area contributed by atoms with Gasteiger partial charge in [0.05, 0.1) is 19.9 Å². The maximum absolute atomic E-state index is 12.9. The van der Waals surface area contributed by atoms with Gasteiger partial charge in [0.2, 0.25) is 10.0 Å². The van der Waals surface area contributed by atoms with Crippen molar-refractivity contribution in [1.82, 2.24) is 4.31 Å². The molecular weight excluding hydrogens is 312 g/mol. The van der Waals surface area contributed by atoms with Crippen molar-refractivity contribution in [1.29, 1.82) is 0 Å². The summed E-state index contributed by atoms with van der Waals surface area (Å²) in [4.78, 5) is 0.0852. The number of methoxy groups -OCH3 is 2. The summed E-state index contributed by atoms with van der Waals surface area (Å²) in [5.41, 5.74) is 6.12. The smallest absolute Gasteiger partial charge is 0.247 e.